The second kappa shape index (κ2) is 9.07. The quantitative estimate of drug-likeness (QED) is 0.658. The summed E-state index contributed by atoms with van der Waals surface area (Å²) in [6.45, 7) is 8.60. The molecule has 1 N–H and O–H groups in total. The topological polar surface area (TPSA) is 70.3 Å². The molecule has 2 rings (SSSR count). The summed E-state index contributed by atoms with van der Waals surface area (Å²) in [6, 6.07) is 3.85. The van der Waals surface area contributed by atoms with Gasteiger partial charge < -0.3 is 24.3 Å². The fourth-order valence-electron chi connectivity index (χ4n) is 2.47. The first-order valence-corrected chi connectivity index (χ1v) is 8.22. The van der Waals surface area contributed by atoms with E-state index in [-0.39, 0.29) is 6.09 Å². The van der Waals surface area contributed by atoms with Crippen molar-refractivity contribution in [3.8, 4) is 0 Å². The third-order valence-electron chi connectivity index (χ3n) is 3.64. The third kappa shape index (κ3) is 5.19. The van der Waals surface area contributed by atoms with E-state index in [1.165, 1.54) is 0 Å². The Morgan fingerprint density at radius 3 is 2.65 bits per heavy atom. The Labute approximate surface area is 137 Å². The minimum Gasteiger partial charge on any atom is -0.469 e. The molecule has 0 spiro atoms. The maximum Gasteiger partial charge on any atom is 0.409 e. The van der Waals surface area contributed by atoms with Crippen molar-refractivity contribution in [3.63, 3.8) is 0 Å². The van der Waals surface area contributed by atoms with Crippen molar-refractivity contribution in [1.29, 1.82) is 0 Å². The van der Waals surface area contributed by atoms with Crippen LogP contribution in [0.3, 0.4) is 0 Å². The highest BCUT2D eigenvalue weighted by molar-refractivity contribution is 5.80. The average molecular weight is 322 g/mol. The van der Waals surface area contributed by atoms with Crippen molar-refractivity contribution >= 4 is 12.1 Å². The SMILES string of the molecule is CCNC(=NCCc1ccco1)N1CCN(C(=O)OCC)CC1. The molecular weight excluding hydrogens is 296 g/mol. The number of furan rings is 1. The molecule has 1 aliphatic rings. The lowest BCUT2D eigenvalue weighted by Gasteiger charge is -2.35. The molecule has 128 valence electrons. The lowest BCUT2D eigenvalue weighted by Crippen LogP contribution is -2.54. The first-order valence-electron chi connectivity index (χ1n) is 8.22. The number of carbonyl (C=O) groups is 1. The lowest BCUT2D eigenvalue weighted by molar-refractivity contribution is 0.0914. The van der Waals surface area contributed by atoms with Gasteiger partial charge in [-0.25, -0.2) is 4.79 Å². The molecule has 1 fully saturated rings. The highest BCUT2D eigenvalue weighted by atomic mass is 16.6. The van der Waals surface area contributed by atoms with E-state index < -0.39 is 0 Å². The number of hydrogen-bond acceptors (Lipinski definition) is 4. The summed E-state index contributed by atoms with van der Waals surface area (Å²) in [7, 11) is 0. The van der Waals surface area contributed by atoms with Gasteiger partial charge in [-0.15, -0.1) is 0 Å². The van der Waals surface area contributed by atoms with Gasteiger partial charge in [0.25, 0.3) is 0 Å². The number of piperazine rings is 1. The summed E-state index contributed by atoms with van der Waals surface area (Å²) in [5.41, 5.74) is 0. The zero-order chi connectivity index (χ0) is 16.5. The van der Waals surface area contributed by atoms with Crippen molar-refractivity contribution < 1.29 is 13.9 Å². The summed E-state index contributed by atoms with van der Waals surface area (Å²) in [5.74, 6) is 1.83. The molecule has 2 heterocycles. The second-order valence-corrected chi connectivity index (χ2v) is 5.24. The zero-order valence-electron chi connectivity index (χ0n) is 14.0. The van der Waals surface area contributed by atoms with Gasteiger partial charge in [0.05, 0.1) is 12.9 Å². The van der Waals surface area contributed by atoms with Crippen LogP contribution in [0.15, 0.2) is 27.8 Å². The van der Waals surface area contributed by atoms with E-state index >= 15 is 0 Å². The summed E-state index contributed by atoms with van der Waals surface area (Å²) in [6.07, 6.45) is 2.23. The normalized spacial score (nSPS) is 15.7. The Kier molecular flexibility index (Phi) is 6.77. The van der Waals surface area contributed by atoms with E-state index in [1.54, 1.807) is 11.2 Å². The van der Waals surface area contributed by atoms with Gasteiger partial charge in [-0.3, -0.25) is 4.99 Å². The molecule has 1 aromatic heterocycles. The van der Waals surface area contributed by atoms with Crippen molar-refractivity contribution in [2.75, 3.05) is 45.9 Å². The number of guanidine groups is 1. The first-order chi connectivity index (χ1) is 11.2. The minimum atomic E-state index is -0.230. The van der Waals surface area contributed by atoms with E-state index in [0.717, 1.165) is 37.8 Å². The number of nitrogens with one attached hydrogen (secondary N) is 1. The Balaban J connectivity index is 1.85. The molecular formula is C16H26N4O3. The largest absolute Gasteiger partial charge is 0.469 e. The lowest BCUT2D eigenvalue weighted by atomic mass is 10.3. The molecule has 7 nitrogen and oxygen atoms in total. The molecule has 1 aromatic rings. The van der Waals surface area contributed by atoms with Crippen molar-refractivity contribution in [3.05, 3.63) is 24.2 Å². The predicted octanol–water partition coefficient (Wildman–Crippen LogP) is 1.56. The van der Waals surface area contributed by atoms with E-state index in [0.29, 0.717) is 26.2 Å². The maximum atomic E-state index is 11.7. The number of amides is 1. The first kappa shape index (κ1) is 17.2. The van der Waals surface area contributed by atoms with Crippen LogP contribution < -0.4 is 5.32 Å². The van der Waals surface area contributed by atoms with E-state index in [4.69, 9.17) is 9.15 Å². The number of carbonyl (C=O) groups excluding carboxylic acids is 1. The van der Waals surface area contributed by atoms with Crippen LogP contribution in [0, 0.1) is 0 Å². The van der Waals surface area contributed by atoms with E-state index in [9.17, 15) is 4.79 Å². The highest BCUT2D eigenvalue weighted by Gasteiger charge is 2.23. The predicted molar refractivity (Wildman–Crippen MR) is 88.6 cm³/mol. The Morgan fingerprint density at radius 1 is 1.30 bits per heavy atom. The van der Waals surface area contributed by atoms with Crippen LogP contribution in [0.5, 0.6) is 0 Å². The second-order valence-electron chi connectivity index (χ2n) is 5.24. The molecule has 1 amide bonds. The number of aliphatic imine (C=N–C) groups is 1. The molecule has 0 saturated carbocycles. The Bertz CT molecular complexity index is 493. The smallest absolute Gasteiger partial charge is 0.409 e. The van der Waals surface area contributed by atoms with Crippen molar-refractivity contribution in [2.24, 2.45) is 4.99 Å². The summed E-state index contributed by atoms with van der Waals surface area (Å²) >= 11 is 0. The van der Waals surface area contributed by atoms with Crippen LogP contribution in [-0.4, -0.2) is 67.7 Å². The molecule has 0 atom stereocenters. The molecule has 0 radical (unpaired) electrons. The van der Waals surface area contributed by atoms with Gasteiger partial charge in [0.15, 0.2) is 5.96 Å². The van der Waals surface area contributed by atoms with Crippen LogP contribution in [0.2, 0.25) is 0 Å². The van der Waals surface area contributed by atoms with Gasteiger partial charge in [-0.1, -0.05) is 0 Å². The highest BCUT2D eigenvalue weighted by Crippen LogP contribution is 2.05. The van der Waals surface area contributed by atoms with Crippen molar-refractivity contribution in [1.82, 2.24) is 15.1 Å². The summed E-state index contributed by atoms with van der Waals surface area (Å²) < 4.78 is 10.4. The van der Waals surface area contributed by atoms with Gasteiger partial charge >= 0.3 is 6.09 Å². The molecule has 0 unspecified atom stereocenters. The minimum absolute atomic E-state index is 0.230. The van der Waals surface area contributed by atoms with Gasteiger partial charge in [0.1, 0.15) is 5.76 Å². The third-order valence-corrected chi connectivity index (χ3v) is 3.64. The standard InChI is InChI=1S/C16H26N4O3/c1-3-17-15(18-8-7-14-6-5-13-23-14)19-9-11-20(12-10-19)16(21)22-4-2/h5-6,13H,3-4,7-12H2,1-2H3,(H,17,18). The van der Waals surface area contributed by atoms with E-state index in [2.05, 4.69) is 22.1 Å². The number of ether oxygens (including phenoxy) is 1. The van der Waals surface area contributed by atoms with E-state index in [1.807, 2.05) is 19.1 Å². The molecule has 0 aliphatic carbocycles. The van der Waals surface area contributed by atoms with Gasteiger partial charge in [0, 0.05) is 45.7 Å². The molecule has 7 heteroatoms. The Hall–Kier alpha value is -2.18. The number of hydrogen-bond donors (Lipinski definition) is 1. The molecule has 1 saturated heterocycles. The maximum absolute atomic E-state index is 11.7. The average Bonchev–Trinajstić information content (AvgIpc) is 3.08. The fraction of sp³-hybridized carbons (Fsp3) is 0.625. The van der Waals surface area contributed by atoms with Gasteiger partial charge in [0.2, 0.25) is 0 Å². The summed E-state index contributed by atoms with van der Waals surface area (Å²) in [4.78, 5) is 20.3. The van der Waals surface area contributed by atoms with Crippen LogP contribution in [0.25, 0.3) is 0 Å². The fourth-order valence-corrected chi connectivity index (χ4v) is 2.47. The molecule has 0 aromatic carbocycles. The van der Waals surface area contributed by atoms with Crippen LogP contribution in [-0.2, 0) is 11.2 Å². The molecule has 1 aliphatic heterocycles. The monoisotopic (exact) mass is 322 g/mol. The van der Waals surface area contributed by atoms with Crippen LogP contribution in [0.1, 0.15) is 19.6 Å². The van der Waals surface area contributed by atoms with Gasteiger partial charge in [-0.2, -0.15) is 0 Å². The van der Waals surface area contributed by atoms with Crippen molar-refractivity contribution in [2.45, 2.75) is 20.3 Å². The van der Waals surface area contributed by atoms with Crippen LogP contribution in [0.4, 0.5) is 4.79 Å². The molecule has 23 heavy (non-hydrogen) atoms. The zero-order valence-corrected chi connectivity index (χ0v) is 14.0. The number of rotatable bonds is 5. The number of nitrogens with zero attached hydrogens (tertiary/aromatic N) is 3. The summed E-state index contributed by atoms with van der Waals surface area (Å²) in [5, 5.41) is 3.31. The van der Waals surface area contributed by atoms with Crippen LogP contribution >= 0.6 is 0 Å². The van der Waals surface area contributed by atoms with Gasteiger partial charge in [-0.05, 0) is 26.0 Å². The molecule has 0 bridgehead atoms. The Morgan fingerprint density at radius 2 is 2.04 bits per heavy atom.